The van der Waals surface area contributed by atoms with Gasteiger partial charge in [-0.15, -0.1) is 0 Å². The zero-order valence-corrected chi connectivity index (χ0v) is 14.1. The van der Waals surface area contributed by atoms with Crippen molar-refractivity contribution in [1.29, 1.82) is 0 Å². The summed E-state index contributed by atoms with van der Waals surface area (Å²) in [4.78, 5) is 23.0. The van der Waals surface area contributed by atoms with Gasteiger partial charge in [-0.1, -0.05) is 46.3 Å². The van der Waals surface area contributed by atoms with Crippen molar-refractivity contribution >= 4 is 27.7 Å². The maximum absolute atomic E-state index is 12.2. The molecule has 116 valence electrons. The number of carbonyl (C=O) groups is 2. The van der Waals surface area contributed by atoms with Crippen LogP contribution in [0.25, 0.3) is 0 Å². The van der Waals surface area contributed by atoms with Gasteiger partial charge in [0.25, 0.3) is 0 Å². The number of hydrogen-bond acceptors (Lipinski definition) is 4. The van der Waals surface area contributed by atoms with E-state index in [1.165, 1.54) is 6.92 Å². The Kier molecular flexibility index (Phi) is 6.55. The maximum atomic E-state index is 12.2. The third-order valence-electron chi connectivity index (χ3n) is 2.99. The molecule has 0 spiro atoms. The van der Waals surface area contributed by atoms with E-state index in [1.54, 1.807) is 13.8 Å². The molecule has 0 bridgehead atoms. The zero-order valence-electron chi connectivity index (χ0n) is 12.5. The molecule has 0 saturated heterocycles. The molecule has 0 unspecified atom stereocenters. The van der Waals surface area contributed by atoms with Crippen LogP contribution in [-0.2, 0) is 20.7 Å². The maximum Gasteiger partial charge on any atom is 0.340 e. The predicted molar refractivity (Wildman–Crippen MR) is 84.3 cm³/mol. The van der Waals surface area contributed by atoms with E-state index in [9.17, 15) is 14.7 Å². The second-order valence-corrected chi connectivity index (χ2v) is 6.52. The second kappa shape index (κ2) is 7.71. The van der Waals surface area contributed by atoms with Crippen LogP contribution in [0.1, 0.15) is 32.8 Å². The molecule has 0 aliphatic heterocycles. The normalized spacial score (nSPS) is 15.3. The Morgan fingerprint density at radius 1 is 1.29 bits per heavy atom. The van der Waals surface area contributed by atoms with E-state index in [0.29, 0.717) is 6.42 Å². The molecule has 5 heteroatoms. The second-order valence-electron chi connectivity index (χ2n) is 5.41. The van der Waals surface area contributed by atoms with Gasteiger partial charge in [-0.05, 0) is 32.8 Å². The van der Waals surface area contributed by atoms with Crippen molar-refractivity contribution in [2.45, 2.75) is 50.1 Å². The van der Waals surface area contributed by atoms with Crippen molar-refractivity contribution in [3.63, 3.8) is 0 Å². The topological polar surface area (TPSA) is 63.6 Å². The first-order valence-electron chi connectivity index (χ1n) is 6.86. The van der Waals surface area contributed by atoms with E-state index in [2.05, 4.69) is 15.9 Å². The van der Waals surface area contributed by atoms with Crippen molar-refractivity contribution < 1.29 is 19.4 Å². The summed E-state index contributed by atoms with van der Waals surface area (Å²) in [6.07, 6.45) is -0.216. The highest BCUT2D eigenvalue weighted by Crippen LogP contribution is 2.28. The monoisotopic (exact) mass is 356 g/mol. The number of rotatable bonds is 7. The van der Waals surface area contributed by atoms with E-state index in [-0.39, 0.29) is 18.3 Å². The number of Topliss-reactive ketones (excluding diaryl/α,β-unsaturated/α-hetero) is 1. The Hall–Kier alpha value is -1.20. The fourth-order valence-corrected chi connectivity index (χ4v) is 2.72. The number of hydrogen-bond donors (Lipinski definition) is 1. The van der Waals surface area contributed by atoms with Crippen LogP contribution >= 0.6 is 15.9 Å². The van der Waals surface area contributed by atoms with Gasteiger partial charge in [0, 0.05) is 6.42 Å². The molecule has 1 aromatic carbocycles. The van der Waals surface area contributed by atoms with Crippen LogP contribution in [0.2, 0.25) is 0 Å². The summed E-state index contributed by atoms with van der Waals surface area (Å²) in [5.74, 6) is -1.04. The number of ketones is 1. The Bertz CT molecular complexity index is 486. The summed E-state index contributed by atoms with van der Waals surface area (Å²) in [5.41, 5.74) is -0.912. The molecule has 0 fully saturated rings. The van der Waals surface area contributed by atoms with Gasteiger partial charge in [-0.3, -0.25) is 4.79 Å². The molecule has 21 heavy (non-hydrogen) atoms. The molecule has 1 aromatic rings. The van der Waals surface area contributed by atoms with Gasteiger partial charge in [-0.25, -0.2) is 4.79 Å². The van der Waals surface area contributed by atoms with Crippen molar-refractivity contribution in [2.75, 3.05) is 0 Å². The predicted octanol–water partition coefficient (Wildman–Crippen LogP) is 2.65. The van der Waals surface area contributed by atoms with Crippen molar-refractivity contribution in [3.05, 3.63) is 35.9 Å². The third kappa shape index (κ3) is 5.25. The first-order chi connectivity index (χ1) is 9.75. The highest BCUT2D eigenvalue weighted by molar-refractivity contribution is 9.09. The quantitative estimate of drug-likeness (QED) is 0.602. The van der Waals surface area contributed by atoms with E-state index in [1.807, 2.05) is 30.3 Å². The minimum Gasteiger partial charge on any atom is -0.461 e. The number of ether oxygens (including phenoxy) is 1. The molecular formula is C16H21BrO4. The smallest absolute Gasteiger partial charge is 0.340 e. The van der Waals surface area contributed by atoms with Gasteiger partial charge in [0.1, 0.15) is 5.78 Å². The Labute approximate surface area is 133 Å². The fourth-order valence-electron chi connectivity index (χ4n) is 2.00. The molecule has 1 rings (SSSR count). The minimum absolute atomic E-state index is 0.268. The summed E-state index contributed by atoms with van der Waals surface area (Å²) in [6.45, 7) is 4.74. The van der Waals surface area contributed by atoms with E-state index >= 15 is 0 Å². The Morgan fingerprint density at radius 2 is 1.86 bits per heavy atom. The largest absolute Gasteiger partial charge is 0.461 e. The highest BCUT2D eigenvalue weighted by Gasteiger charge is 2.45. The number of aliphatic hydroxyl groups is 1. The first kappa shape index (κ1) is 17.9. The molecule has 0 aliphatic rings. The summed E-state index contributed by atoms with van der Waals surface area (Å²) >= 11 is 3.35. The van der Waals surface area contributed by atoms with Crippen molar-refractivity contribution in [2.24, 2.45) is 0 Å². The lowest BCUT2D eigenvalue weighted by Gasteiger charge is -2.30. The van der Waals surface area contributed by atoms with Crippen LogP contribution in [0.3, 0.4) is 0 Å². The van der Waals surface area contributed by atoms with Crippen LogP contribution in [0.4, 0.5) is 0 Å². The molecule has 0 heterocycles. The van der Waals surface area contributed by atoms with Crippen LogP contribution in [0.5, 0.6) is 0 Å². The highest BCUT2D eigenvalue weighted by atomic mass is 79.9. The van der Waals surface area contributed by atoms with E-state index in [0.717, 1.165) is 5.56 Å². The van der Waals surface area contributed by atoms with Crippen LogP contribution < -0.4 is 0 Å². The van der Waals surface area contributed by atoms with Crippen LogP contribution in [0.15, 0.2) is 30.3 Å². The van der Waals surface area contributed by atoms with Gasteiger partial charge < -0.3 is 9.84 Å². The minimum atomic E-state index is -1.87. The number of esters is 1. The molecule has 0 radical (unpaired) electrons. The Morgan fingerprint density at radius 3 is 2.33 bits per heavy atom. The lowest BCUT2D eigenvalue weighted by Crippen LogP contribution is -2.50. The summed E-state index contributed by atoms with van der Waals surface area (Å²) < 4.78 is 5.10. The SMILES string of the molecule is CC(=O)C[C@@](O)(C(=O)OC(C)C)[C@H](Br)Cc1ccccc1. The lowest BCUT2D eigenvalue weighted by atomic mass is 9.90. The lowest BCUT2D eigenvalue weighted by molar-refractivity contribution is -0.171. The van der Waals surface area contributed by atoms with Crippen LogP contribution in [-0.4, -0.2) is 33.4 Å². The van der Waals surface area contributed by atoms with Gasteiger partial charge >= 0.3 is 5.97 Å². The fraction of sp³-hybridized carbons (Fsp3) is 0.500. The van der Waals surface area contributed by atoms with Gasteiger partial charge in [0.15, 0.2) is 5.60 Å². The summed E-state index contributed by atoms with van der Waals surface area (Å²) in [6, 6.07) is 9.45. The molecule has 0 saturated carbocycles. The average molecular weight is 357 g/mol. The van der Waals surface area contributed by atoms with E-state index in [4.69, 9.17) is 4.74 Å². The van der Waals surface area contributed by atoms with E-state index < -0.39 is 16.4 Å². The standard InChI is InChI=1S/C16H21BrO4/c1-11(2)21-15(19)16(20,10-12(3)18)14(17)9-13-7-5-4-6-8-13/h4-8,11,14,20H,9-10H2,1-3H3/t14-,16+/m1/s1. The summed E-state index contributed by atoms with van der Waals surface area (Å²) in [7, 11) is 0. The molecule has 4 nitrogen and oxygen atoms in total. The molecular weight excluding hydrogens is 336 g/mol. The van der Waals surface area contributed by atoms with Crippen molar-refractivity contribution in [1.82, 2.24) is 0 Å². The average Bonchev–Trinajstić information content (AvgIpc) is 2.38. The summed E-state index contributed by atoms with van der Waals surface area (Å²) in [5, 5.41) is 10.7. The van der Waals surface area contributed by atoms with Crippen molar-refractivity contribution in [3.8, 4) is 0 Å². The van der Waals surface area contributed by atoms with Gasteiger partial charge in [0.05, 0.1) is 10.9 Å². The molecule has 0 aromatic heterocycles. The molecule has 0 amide bonds. The zero-order chi connectivity index (χ0) is 16.0. The Balaban J connectivity index is 2.94. The molecule has 0 aliphatic carbocycles. The van der Waals surface area contributed by atoms with Crippen LogP contribution in [0, 0.1) is 0 Å². The van der Waals surface area contributed by atoms with Gasteiger partial charge in [0.2, 0.25) is 0 Å². The number of halogens is 1. The third-order valence-corrected chi connectivity index (χ3v) is 4.07. The molecule has 1 N–H and O–H groups in total. The number of alkyl halides is 1. The molecule has 2 atom stereocenters. The van der Waals surface area contributed by atoms with Gasteiger partial charge in [-0.2, -0.15) is 0 Å². The first-order valence-corrected chi connectivity index (χ1v) is 7.78. The number of benzene rings is 1. The number of carbonyl (C=O) groups excluding carboxylic acids is 2.